The maximum Gasteiger partial charge on any atom is 0.234 e. The molecule has 0 spiro atoms. The molecule has 0 aliphatic heterocycles. The van der Waals surface area contributed by atoms with Crippen LogP contribution in [0.4, 0.5) is 0 Å². The van der Waals surface area contributed by atoms with Crippen LogP contribution in [0.2, 0.25) is 0 Å². The summed E-state index contributed by atoms with van der Waals surface area (Å²) in [6, 6.07) is 0.439. The maximum absolute atomic E-state index is 11.7. The van der Waals surface area contributed by atoms with Crippen LogP contribution in [0.1, 0.15) is 57.8 Å². The minimum Gasteiger partial charge on any atom is -0.352 e. The molecule has 0 saturated heterocycles. The van der Waals surface area contributed by atoms with E-state index in [0.717, 1.165) is 6.54 Å². The third-order valence-corrected chi connectivity index (χ3v) is 4.40. The van der Waals surface area contributed by atoms with E-state index in [0.29, 0.717) is 12.6 Å². The molecule has 1 amide bonds. The standard InChI is InChI=1S/C15H30N2OS/c1-19-12-8-3-2-7-11-16-13-15(18)17-14-9-5-4-6-10-14/h14,16H,2-13H2,1H3,(H,17,18). The number of thioether (sulfide) groups is 1. The minimum atomic E-state index is 0.175. The smallest absolute Gasteiger partial charge is 0.234 e. The molecule has 4 heteroatoms. The van der Waals surface area contributed by atoms with Gasteiger partial charge in [-0.1, -0.05) is 32.1 Å². The van der Waals surface area contributed by atoms with E-state index >= 15 is 0 Å². The van der Waals surface area contributed by atoms with Crippen LogP contribution in [0.3, 0.4) is 0 Å². The summed E-state index contributed by atoms with van der Waals surface area (Å²) in [6.07, 6.45) is 13.5. The number of rotatable bonds is 10. The van der Waals surface area contributed by atoms with Gasteiger partial charge in [-0.2, -0.15) is 11.8 Å². The van der Waals surface area contributed by atoms with Gasteiger partial charge in [-0.05, 0) is 44.2 Å². The molecule has 1 aliphatic rings. The molecule has 0 radical (unpaired) electrons. The van der Waals surface area contributed by atoms with Gasteiger partial charge in [0.05, 0.1) is 6.54 Å². The normalized spacial score (nSPS) is 16.5. The summed E-state index contributed by atoms with van der Waals surface area (Å²) in [4.78, 5) is 11.7. The molecule has 0 heterocycles. The Morgan fingerprint density at radius 2 is 1.84 bits per heavy atom. The molecule has 0 atom stereocenters. The van der Waals surface area contributed by atoms with Crippen molar-refractivity contribution in [2.24, 2.45) is 0 Å². The van der Waals surface area contributed by atoms with Crippen LogP contribution in [-0.2, 0) is 4.79 Å². The van der Waals surface area contributed by atoms with E-state index in [4.69, 9.17) is 0 Å². The van der Waals surface area contributed by atoms with Crippen LogP contribution in [0.5, 0.6) is 0 Å². The molecule has 1 saturated carbocycles. The predicted molar refractivity (Wildman–Crippen MR) is 84.7 cm³/mol. The highest BCUT2D eigenvalue weighted by Crippen LogP contribution is 2.17. The van der Waals surface area contributed by atoms with Crippen LogP contribution < -0.4 is 10.6 Å². The Kier molecular flexibility index (Phi) is 10.3. The van der Waals surface area contributed by atoms with Gasteiger partial charge in [-0.15, -0.1) is 0 Å². The third kappa shape index (κ3) is 9.33. The molecule has 1 aliphatic carbocycles. The fourth-order valence-electron chi connectivity index (χ4n) is 2.58. The molecule has 112 valence electrons. The summed E-state index contributed by atoms with van der Waals surface area (Å²) in [7, 11) is 0. The highest BCUT2D eigenvalue weighted by Gasteiger charge is 2.14. The van der Waals surface area contributed by atoms with Crippen molar-refractivity contribution in [2.75, 3.05) is 25.1 Å². The Bertz CT molecular complexity index is 230. The number of carbonyl (C=O) groups is 1. The zero-order chi connectivity index (χ0) is 13.8. The first-order chi connectivity index (χ1) is 9.33. The Morgan fingerprint density at radius 3 is 2.58 bits per heavy atom. The van der Waals surface area contributed by atoms with Gasteiger partial charge in [0.1, 0.15) is 0 Å². The lowest BCUT2D eigenvalue weighted by Crippen LogP contribution is -2.41. The second-order valence-electron chi connectivity index (χ2n) is 5.49. The van der Waals surface area contributed by atoms with E-state index in [2.05, 4.69) is 16.9 Å². The summed E-state index contributed by atoms with van der Waals surface area (Å²) in [5.74, 6) is 1.45. The summed E-state index contributed by atoms with van der Waals surface area (Å²) < 4.78 is 0. The van der Waals surface area contributed by atoms with Gasteiger partial charge >= 0.3 is 0 Å². The second-order valence-corrected chi connectivity index (χ2v) is 6.47. The van der Waals surface area contributed by atoms with E-state index in [-0.39, 0.29) is 5.91 Å². The molecule has 0 aromatic heterocycles. The number of hydrogen-bond acceptors (Lipinski definition) is 3. The van der Waals surface area contributed by atoms with Crippen molar-refractivity contribution in [1.82, 2.24) is 10.6 Å². The molecule has 3 nitrogen and oxygen atoms in total. The van der Waals surface area contributed by atoms with Crippen LogP contribution in [0.15, 0.2) is 0 Å². The fraction of sp³-hybridized carbons (Fsp3) is 0.933. The van der Waals surface area contributed by atoms with E-state index < -0.39 is 0 Å². The number of amides is 1. The van der Waals surface area contributed by atoms with Gasteiger partial charge in [0.15, 0.2) is 0 Å². The Hall–Kier alpha value is -0.220. The number of hydrogen-bond donors (Lipinski definition) is 2. The lowest BCUT2D eigenvalue weighted by Gasteiger charge is -2.22. The zero-order valence-electron chi connectivity index (χ0n) is 12.4. The highest BCUT2D eigenvalue weighted by atomic mass is 32.2. The molecule has 0 unspecified atom stereocenters. The fourth-order valence-corrected chi connectivity index (χ4v) is 3.07. The first-order valence-electron chi connectivity index (χ1n) is 7.82. The van der Waals surface area contributed by atoms with E-state index in [9.17, 15) is 4.79 Å². The molecule has 19 heavy (non-hydrogen) atoms. The van der Waals surface area contributed by atoms with E-state index in [1.54, 1.807) is 0 Å². The van der Waals surface area contributed by atoms with Crippen LogP contribution in [-0.4, -0.2) is 37.0 Å². The van der Waals surface area contributed by atoms with Crippen LogP contribution >= 0.6 is 11.8 Å². The van der Waals surface area contributed by atoms with Gasteiger partial charge in [-0.3, -0.25) is 4.79 Å². The second kappa shape index (κ2) is 11.6. The van der Waals surface area contributed by atoms with Crippen molar-refractivity contribution in [3.8, 4) is 0 Å². The number of unbranched alkanes of at least 4 members (excludes halogenated alkanes) is 3. The van der Waals surface area contributed by atoms with Gasteiger partial charge in [0.2, 0.25) is 5.91 Å². The van der Waals surface area contributed by atoms with Crippen LogP contribution in [0.25, 0.3) is 0 Å². The van der Waals surface area contributed by atoms with E-state index in [1.165, 1.54) is 63.5 Å². The van der Waals surface area contributed by atoms with Crippen molar-refractivity contribution < 1.29 is 4.79 Å². The molecule has 2 N–H and O–H groups in total. The number of nitrogens with one attached hydrogen (secondary N) is 2. The molecule has 0 bridgehead atoms. The van der Waals surface area contributed by atoms with Crippen molar-refractivity contribution in [3.63, 3.8) is 0 Å². The zero-order valence-corrected chi connectivity index (χ0v) is 13.2. The average molecular weight is 286 g/mol. The lowest BCUT2D eigenvalue weighted by atomic mass is 9.95. The largest absolute Gasteiger partial charge is 0.352 e. The molecular weight excluding hydrogens is 256 g/mol. The topological polar surface area (TPSA) is 41.1 Å². The van der Waals surface area contributed by atoms with Gasteiger partial charge in [-0.25, -0.2) is 0 Å². The maximum atomic E-state index is 11.7. The number of carbonyl (C=O) groups excluding carboxylic acids is 1. The third-order valence-electron chi connectivity index (χ3n) is 3.71. The molecule has 0 aromatic rings. The average Bonchev–Trinajstić information content (AvgIpc) is 2.43. The van der Waals surface area contributed by atoms with Gasteiger partial charge in [0, 0.05) is 6.04 Å². The minimum absolute atomic E-state index is 0.175. The highest BCUT2D eigenvalue weighted by molar-refractivity contribution is 7.98. The summed E-state index contributed by atoms with van der Waals surface area (Å²) in [5, 5.41) is 6.38. The Balaban J connectivity index is 1.87. The molecule has 0 aromatic carbocycles. The predicted octanol–water partition coefficient (Wildman–Crippen LogP) is 2.95. The summed E-state index contributed by atoms with van der Waals surface area (Å²) >= 11 is 1.92. The first-order valence-corrected chi connectivity index (χ1v) is 9.21. The van der Waals surface area contributed by atoms with Crippen molar-refractivity contribution in [2.45, 2.75) is 63.8 Å². The Labute approximate surface area is 122 Å². The molecule has 1 fully saturated rings. The Morgan fingerprint density at radius 1 is 1.11 bits per heavy atom. The lowest BCUT2D eigenvalue weighted by molar-refractivity contribution is -0.121. The SMILES string of the molecule is CSCCCCCCNCC(=O)NC1CCCCC1. The first kappa shape index (κ1) is 16.8. The summed E-state index contributed by atoms with van der Waals surface area (Å²) in [6.45, 7) is 1.46. The van der Waals surface area contributed by atoms with Crippen LogP contribution in [0, 0.1) is 0 Å². The van der Waals surface area contributed by atoms with E-state index in [1.807, 2.05) is 11.8 Å². The monoisotopic (exact) mass is 286 g/mol. The van der Waals surface area contributed by atoms with Crippen molar-refractivity contribution in [3.05, 3.63) is 0 Å². The van der Waals surface area contributed by atoms with Crippen molar-refractivity contribution in [1.29, 1.82) is 0 Å². The van der Waals surface area contributed by atoms with Gasteiger partial charge in [0.25, 0.3) is 0 Å². The quantitative estimate of drug-likeness (QED) is 0.607. The van der Waals surface area contributed by atoms with Crippen molar-refractivity contribution >= 4 is 17.7 Å². The molecular formula is C15H30N2OS. The summed E-state index contributed by atoms with van der Waals surface area (Å²) in [5.41, 5.74) is 0. The molecule has 1 rings (SSSR count). The van der Waals surface area contributed by atoms with Gasteiger partial charge < -0.3 is 10.6 Å².